The maximum Gasteiger partial charge on any atom is 0.125 e. The molecule has 0 bridgehead atoms. The van der Waals surface area contributed by atoms with Gasteiger partial charge in [0.25, 0.3) is 0 Å². The van der Waals surface area contributed by atoms with Crippen LogP contribution in [0.2, 0.25) is 0 Å². The van der Waals surface area contributed by atoms with Gasteiger partial charge in [-0.3, -0.25) is 0 Å². The summed E-state index contributed by atoms with van der Waals surface area (Å²) < 4.78 is 4.08. The third kappa shape index (κ3) is 1.33. The van der Waals surface area contributed by atoms with Crippen molar-refractivity contribution in [1.82, 2.24) is 4.37 Å². The Morgan fingerprint density at radius 3 is 2.64 bits per heavy atom. The number of rotatable bonds is 1. The van der Waals surface area contributed by atoms with Gasteiger partial charge in [-0.15, -0.1) is 0 Å². The Morgan fingerprint density at radius 2 is 2.27 bits per heavy atom. The van der Waals surface area contributed by atoms with Gasteiger partial charge in [0.15, 0.2) is 0 Å². The molecule has 0 unspecified atom stereocenters. The molecule has 58 valence electrons. The lowest BCUT2D eigenvalue weighted by atomic mass is 10.1. The fourth-order valence-electron chi connectivity index (χ4n) is 0.822. The Balaban J connectivity index is 3.19. The maximum atomic E-state index is 8.67. The monoisotopic (exact) mass is 167 g/mol. The molecule has 0 radical (unpaired) electrons. The molecule has 3 nitrogen and oxygen atoms in total. The summed E-state index contributed by atoms with van der Waals surface area (Å²) in [6, 6.07) is 2.05. The number of nitrogens with two attached hydrogens (primary N) is 1. The van der Waals surface area contributed by atoms with E-state index < -0.39 is 0 Å². The van der Waals surface area contributed by atoms with Gasteiger partial charge < -0.3 is 5.73 Å². The molecule has 0 atom stereocenters. The van der Waals surface area contributed by atoms with Crippen LogP contribution in [-0.2, 0) is 0 Å². The Morgan fingerprint density at radius 1 is 1.64 bits per heavy atom. The first-order chi connectivity index (χ1) is 5.16. The molecular weight excluding hydrogens is 158 g/mol. The van der Waals surface area contributed by atoms with Crippen molar-refractivity contribution in [3.63, 3.8) is 0 Å². The summed E-state index contributed by atoms with van der Waals surface area (Å²) in [5.74, 6) is 0.276. The van der Waals surface area contributed by atoms with Crippen molar-refractivity contribution in [2.24, 2.45) is 0 Å². The third-order valence-electron chi connectivity index (χ3n) is 1.40. The van der Waals surface area contributed by atoms with Gasteiger partial charge in [-0.05, 0) is 17.5 Å². The molecule has 11 heavy (non-hydrogen) atoms. The smallest absolute Gasteiger partial charge is 0.125 e. The molecule has 1 aromatic heterocycles. The van der Waals surface area contributed by atoms with E-state index in [1.807, 2.05) is 19.9 Å². The summed E-state index contributed by atoms with van der Waals surface area (Å²) in [4.78, 5) is 0. The van der Waals surface area contributed by atoms with E-state index in [0.29, 0.717) is 10.6 Å². The van der Waals surface area contributed by atoms with Crippen molar-refractivity contribution in [3.05, 3.63) is 11.3 Å². The molecule has 0 fully saturated rings. The predicted molar refractivity (Wildman–Crippen MR) is 45.3 cm³/mol. The minimum atomic E-state index is 0.276. The standard InChI is InChI=1S/C7H9N3S/c1-4(2)6-5(3-8)7(9)11-10-6/h4H,9H2,1-2H3. The molecule has 4 heteroatoms. The van der Waals surface area contributed by atoms with E-state index in [1.165, 1.54) is 11.5 Å². The van der Waals surface area contributed by atoms with E-state index in [1.54, 1.807) is 0 Å². The number of nitrogen functional groups attached to an aromatic ring is 1. The van der Waals surface area contributed by atoms with Crippen LogP contribution in [0.15, 0.2) is 0 Å². The zero-order valence-electron chi connectivity index (χ0n) is 6.46. The van der Waals surface area contributed by atoms with Gasteiger partial charge in [0.1, 0.15) is 16.6 Å². The second-order valence-electron chi connectivity index (χ2n) is 2.57. The Labute approximate surface area is 69.6 Å². The fourth-order valence-corrected chi connectivity index (χ4v) is 1.56. The van der Waals surface area contributed by atoms with Gasteiger partial charge in [0.2, 0.25) is 0 Å². The highest BCUT2D eigenvalue weighted by atomic mass is 32.1. The maximum absolute atomic E-state index is 8.67. The molecule has 0 aliphatic rings. The topological polar surface area (TPSA) is 62.7 Å². The fraction of sp³-hybridized carbons (Fsp3) is 0.429. The second kappa shape index (κ2) is 2.89. The average molecular weight is 167 g/mol. The number of hydrogen-bond acceptors (Lipinski definition) is 4. The van der Waals surface area contributed by atoms with Crippen molar-refractivity contribution in [2.75, 3.05) is 5.73 Å². The normalized spacial score (nSPS) is 10.0. The Hall–Kier alpha value is -1.08. The van der Waals surface area contributed by atoms with Gasteiger partial charge in [-0.25, -0.2) is 0 Å². The molecule has 0 spiro atoms. The van der Waals surface area contributed by atoms with E-state index in [4.69, 9.17) is 11.0 Å². The van der Waals surface area contributed by atoms with E-state index in [9.17, 15) is 0 Å². The molecule has 2 N–H and O–H groups in total. The van der Waals surface area contributed by atoms with Crippen molar-refractivity contribution in [3.8, 4) is 6.07 Å². The number of anilines is 1. The minimum Gasteiger partial charge on any atom is -0.388 e. The lowest BCUT2D eigenvalue weighted by Gasteiger charge is -1.97. The first kappa shape index (κ1) is 8.02. The van der Waals surface area contributed by atoms with E-state index >= 15 is 0 Å². The van der Waals surface area contributed by atoms with Crippen LogP contribution in [0.5, 0.6) is 0 Å². The summed E-state index contributed by atoms with van der Waals surface area (Å²) in [6.45, 7) is 3.99. The Kier molecular flexibility index (Phi) is 2.11. The SMILES string of the molecule is CC(C)c1nsc(N)c1C#N. The van der Waals surface area contributed by atoms with Gasteiger partial charge in [-0.1, -0.05) is 13.8 Å². The lowest BCUT2D eigenvalue weighted by molar-refractivity contribution is 0.837. The van der Waals surface area contributed by atoms with Crippen molar-refractivity contribution >= 4 is 16.5 Å². The number of nitrogens with zero attached hydrogens (tertiary/aromatic N) is 2. The number of nitriles is 1. The van der Waals surface area contributed by atoms with Crippen LogP contribution in [0.25, 0.3) is 0 Å². The molecular formula is C7H9N3S. The van der Waals surface area contributed by atoms with Crippen LogP contribution in [0.3, 0.4) is 0 Å². The highest BCUT2D eigenvalue weighted by Gasteiger charge is 2.13. The zero-order valence-corrected chi connectivity index (χ0v) is 7.27. The molecule has 0 saturated heterocycles. The van der Waals surface area contributed by atoms with E-state index in [0.717, 1.165) is 5.69 Å². The minimum absolute atomic E-state index is 0.276. The summed E-state index contributed by atoms with van der Waals surface area (Å²) in [6.07, 6.45) is 0. The van der Waals surface area contributed by atoms with Crippen LogP contribution in [-0.4, -0.2) is 4.37 Å². The van der Waals surface area contributed by atoms with Gasteiger partial charge in [-0.2, -0.15) is 9.64 Å². The summed E-state index contributed by atoms with van der Waals surface area (Å²) in [7, 11) is 0. The van der Waals surface area contributed by atoms with Crippen molar-refractivity contribution in [1.29, 1.82) is 5.26 Å². The van der Waals surface area contributed by atoms with E-state index in [2.05, 4.69) is 4.37 Å². The summed E-state index contributed by atoms with van der Waals surface area (Å²) in [5, 5.41) is 9.20. The second-order valence-corrected chi connectivity index (χ2v) is 3.38. The number of aromatic nitrogens is 1. The quantitative estimate of drug-likeness (QED) is 0.692. The van der Waals surface area contributed by atoms with Crippen LogP contribution >= 0.6 is 11.5 Å². The van der Waals surface area contributed by atoms with Crippen LogP contribution < -0.4 is 5.73 Å². The number of hydrogen-bond donors (Lipinski definition) is 1. The van der Waals surface area contributed by atoms with Crippen LogP contribution in [0.1, 0.15) is 31.0 Å². The largest absolute Gasteiger partial charge is 0.388 e. The summed E-state index contributed by atoms with van der Waals surface area (Å²) >= 11 is 1.19. The molecule has 0 amide bonds. The molecule has 0 aromatic carbocycles. The van der Waals surface area contributed by atoms with Crippen molar-refractivity contribution in [2.45, 2.75) is 19.8 Å². The third-order valence-corrected chi connectivity index (χ3v) is 2.09. The van der Waals surface area contributed by atoms with Crippen LogP contribution in [0.4, 0.5) is 5.00 Å². The molecule has 1 aromatic rings. The molecule has 0 saturated carbocycles. The Bertz CT molecular complexity index is 295. The van der Waals surface area contributed by atoms with Gasteiger partial charge in [0, 0.05) is 0 Å². The molecule has 0 aliphatic carbocycles. The van der Waals surface area contributed by atoms with Crippen molar-refractivity contribution < 1.29 is 0 Å². The lowest BCUT2D eigenvalue weighted by Crippen LogP contribution is -1.92. The molecule has 1 rings (SSSR count). The first-order valence-corrected chi connectivity index (χ1v) is 4.09. The zero-order chi connectivity index (χ0) is 8.43. The molecule has 0 aliphatic heterocycles. The highest BCUT2D eigenvalue weighted by Crippen LogP contribution is 2.25. The van der Waals surface area contributed by atoms with Crippen LogP contribution in [0, 0.1) is 11.3 Å². The first-order valence-electron chi connectivity index (χ1n) is 3.32. The van der Waals surface area contributed by atoms with E-state index in [-0.39, 0.29) is 5.92 Å². The summed E-state index contributed by atoms with van der Waals surface area (Å²) in [5.41, 5.74) is 6.88. The van der Waals surface area contributed by atoms with Gasteiger partial charge in [0.05, 0.1) is 5.69 Å². The van der Waals surface area contributed by atoms with Gasteiger partial charge >= 0.3 is 0 Å². The molecule has 1 heterocycles. The predicted octanol–water partition coefficient (Wildman–Crippen LogP) is 1.72. The average Bonchev–Trinajstić information content (AvgIpc) is 2.30. The highest BCUT2D eigenvalue weighted by molar-refractivity contribution is 7.10.